The number of rotatable bonds is 1. The molecule has 0 aliphatic rings. The number of aromatic amines is 1. The molecular formula is C7H12N4O2. The second-order valence-electron chi connectivity index (χ2n) is 2.95. The van der Waals surface area contributed by atoms with Crippen LogP contribution in [0.25, 0.3) is 0 Å². The van der Waals surface area contributed by atoms with E-state index in [0.29, 0.717) is 5.69 Å². The first-order valence-corrected chi connectivity index (χ1v) is 3.71. The van der Waals surface area contributed by atoms with Crippen LogP contribution in [0.1, 0.15) is 0 Å². The van der Waals surface area contributed by atoms with E-state index in [0.717, 1.165) is 0 Å². The van der Waals surface area contributed by atoms with E-state index >= 15 is 0 Å². The first-order valence-electron chi connectivity index (χ1n) is 3.71. The van der Waals surface area contributed by atoms with Crippen LogP contribution in [0.2, 0.25) is 0 Å². The van der Waals surface area contributed by atoms with Crippen LogP contribution in [0.3, 0.4) is 0 Å². The van der Waals surface area contributed by atoms with Crippen molar-refractivity contribution >= 4 is 11.5 Å². The van der Waals surface area contributed by atoms with Crippen LogP contribution in [0.4, 0.5) is 11.5 Å². The lowest BCUT2D eigenvalue weighted by molar-refractivity contribution is 0.807. The van der Waals surface area contributed by atoms with Crippen molar-refractivity contribution in [3.05, 3.63) is 20.8 Å². The molecule has 6 nitrogen and oxygen atoms in total. The van der Waals surface area contributed by atoms with Gasteiger partial charge in [-0.3, -0.25) is 14.3 Å². The quantitative estimate of drug-likeness (QED) is 0.569. The molecule has 1 aromatic rings. The number of nitrogens with one attached hydrogen (secondary N) is 1. The molecule has 6 heteroatoms. The Kier molecular flexibility index (Phi) is 2.14. The Balaban J connectivity index is 3.63. The highest BCUT2D eigenvalue weighted by molar-refractivity contribution is 5.61. The Bertz CT molecular complexity index is 429. The van der Waals surface area contributed by atoms with Crippen molar-refractivity contribution in [2.24, 2.45) is 7.05 Å². The number of nitrogen functional groups attached to an aromatic ring is 1. The first-order chi connectivity index (χ1) is 5.95. The molecule has 0 unspecified atom stereocenters. The van der Waals surface area contributed by atoms with Gasteiger partial charge in [0.05, 0.1) is 0 Å². The molecule has 1 aromatic heterocycles. The summed E-state index contributed by atoms with van der Waals surface area (Å²) in [5.41, 5.74) is 4.91. The summed E-state index contributed by atoms with van der Waals surface area (Å²) >= 11 is 0. The van der Waals surface area contributed by atoms with E-state index in [1.807, 2.05) is 0 Å². The Hall–Kier alpha value is -1.72. The van der Waals surface area contributed by atoms with Crippen molar-refractivity contribution in [2.75, 3.05) is 24.7 Å². The highest BCUT2D eigenvalue weighted by Gasteiger charge is 2.10. The van der Waals surface area contributed by atoms with E-state index < -0.39 is 11.2 Å². The summed E-state index contributed by atoms with van der Waals surface area (Å²) in [5.74, 6) is 0.166. The average molecular weight is 184 g/mol. The van der Waals surface area contributed by atoms with Gasteiger partial charge in [0.2, 0.25) is 0 Å². The molecule has 0 bridgehead atoms. The number of H-pyrrole nitrogens is 1. The monoisotopic (exact) mass is 184 g/mol. The molecule has 0 aromatic carbocycles. The molecule has 0 amide bonds. The van der Waals surface area contributed by atoms with E-state index in [2.05, 4.69) is 4.98 Å². The minimum atomic E-state index is -0.506. The zero-order valence-electron chi connectivity index (χ0n) is 7.79. The van der Waals surface area contributed by atoms with Gasteiger partial charge < -0.3 is 10.6 Å². The average Bonchev–Trinajstić information content (AvgIpc) is 1.99. The minimum absolute atomic E-state index is 0.166. The highest BCUT2D eigenvalue weighted by atomic mass is 16.2. The van der Waals surface area contributed by atoms with E-state index in [4.69, 9.17) is 5.73 Å². The Morgan fingerprint density at radius 3 is 2.38 bits per heavy atom. The van der Waals surface area contributed by atoms with Gasteiger partial charge in [0, 0.05) is 21.1 Å². The molecule has 0 aliphatic heterocycles. The third kappa shape index (κ3) is 1.42. The van der Waals surface area contributed by atoms with Crippen molar-refractivity contribution in [1.82, 2.24) is 9.55 Å². The molecule has 1 rings (SSSR count). The van der Waals surface area contributed by atoms with Gasteiger partial charge in [-0.15, -0.1) is 0 Å². The van der Waals surface area contributed by atoms with Crippen molar-refractivity contribution in [3.8, 4) is 0 Å². The van der Waals surface area contributed by atoms with Gasteiger partial charge in [-0.1, -0.05) is 0 Å². The normalized spacial score (nSPS) is 10.1. The summed E-state index contributed by atoms with van der Waals surface area (Å²) < 4.78 is 1.19. The van der Waals surface area contributed by atoms with Gasteiger partial charge in [0.1, 0.15) is 11.5 Å². The molecular weight excluding hydrogens is 172 g/mol. The fourth-order valence-electron chi connectivity index (χ4n) is 1.06. The molecule has 0 atom stereocenters. The second-order valence-corrected chi connectivity index (χ2v) is 2.95. The number of nitrogens with zero attached hydrogens (tertiary/aromatic N) is 2. The molecule has 13 heavy (non-hydrogen) atoms. The summed E-state index contributed by atoms with van der Waals surface area (Å²) in [6, 6.07) is 0. The van der Waals surface area contributed by atoms with Gasteiger partial charge >= 0.3 is 5.69 Å². The van der Waals surface area contributed by atoms with Crippen LogP contribution in [-0.4, -0.2) is 23.6 Å². The SMILES string of the molecule is CN(C)c1c(N)n(C)c(=O)[nH]c1=O. The highest BCUT2D eigenvalue weighted by Crippen LogP contribution is 2.10. The summed E-state index contributed by atoms with van der Waals surface area (Å²) in [5, 5.41) is 0. The number of anilines is 2. The van der Waals surface area contributed by atoms with Crippen molar-refractivity contribution in [2.45, 2.75) is 0 Å². The molecule has 3 N–H and O–H groups in total. The molecule has 0 radical (unpaired) electrons. The predicted molar refractivity (Wildman–Crippen MR) is 51.0 cm³/mol. The molecule has 0 spiro atoms. The number of nitrogens with two attached hydrogens (primary N) is 1. The number of hydrogen-bond acceptors (Lipinski definition) is 4. The van der Waals surface area contributed by atoms with Crippen molar-refractivity contribution in [3.63, 3.8) is 0 Å². The Labute approximate surface area is 74.6 Å². The summed E-state index contributed by atoms with van der Waals surface area (Å²) in [7, 11) is 4.87. The third-order valence-corrected chi connectivity index (χ3v) is 1.79. The van der Waals surface area contributed by atoms with Crippen LogP contribution in [0.5, 0.6) is 0 Å². The largest absolute Gasteiger partial charge is 0.383 e. The van der Waals surface area contributed by atoms with Crippen molar-refractivity contribution < 1.29 is 0 Å². The fourth-order valence-corrected chi connectivity index (χ4v) is 1.06. The third-order valence-electron chi connectivity index (χ3n) is 1.79. The summed E-state index contributed by atoms with van der Waals surface area (Å²) in [4.78, 5) is 26.0. The van der Waals surface area contributed by atoms with Gasteiger partial charge in [-0.2, -0.15) is 0 Å². The maximum absolute atomic E-state index is 11.3. The molecule has 0 saturated carbocycles. The molecule has 0 saturated heterocycles. The van der Waals surface area contributed by atoms with Gasteiger partial charge in [-0.25, -0.2) is 4.79 Å². The van der Waals surface area contributed by atoms with Gasteiger partial charge in [0.15, 0.2) is 0 Å². The zero-order valence-corrected chi connectivity index (χ0v) is 7.79. The van der Waals surface area contributed by atoms with Crippen LogP contribution in [0, 0.1) is 0 Å². The standard InChI is InChI=1S/C7H12N4O2/c1-10(2)4-5(8)11(3)7(13)9-6(4)12/h8H2,1-3H3,(H,9,12,13). The number of hydrogen-bond donors (Lipinski definition) is 2. The summed E-state index contributed by atoms with van der Waals surface area (Å²) in [6.45, 7) is 0. The van der Waals surface area contributed by atoms with Crippen LogP contribution in [-0.2, 0) is 7.05 Å². The topological polar surface area (TPSA) is 84.1 Å². The lowest BCUT2D eigenvalue weighted by Gasteiger charge is -2.14. The van der Waals surface area contributed by atoms with Crippen LogP contribution >= 0.6 is 0 Å². The van der Waals surface area contributed by atoms with E-state index in [1.165, 1.54) is 11.6 Å². The first kappa shape index (κ1) is 9.37. The smallest absolute Gasteiger partial charge is 0.329 e. The lowest BCUT2D eigenvalue weighted by atomic mass is 10.4. The zero-order chi connectivity index (χ0) is 10.2. The fraction of sp³-hybridized carbons (Fsp3) is 0.429. The van der Waals surface area contributed by atoms with E-state index in [-0.39, 0.29) is 5.82 Å². The number of aromatic nitrogens is 2. The lowest BCUT2D eigenvalue weighted by Crippen LogP contribution is -2.34. The van der Waals surface area contributed by atoms with Gasteiger partial charge in [-0.05, 0) is 0 Å². The molecule has 72 valence electrons. The van der Waals surface area contributed by atoms with Gasteiger partial charge in [0.25, 0.3) is 5.56 Å². The van der Waals surface area contributed by atoms with E-state index in [9.17, 15) is 9.59 Å². The molecule has 0 fully saturated rings. The molecule has 1 heterocycles. The van der Waals surface area contributed by atoms with Crippen LogP contribution < -0.4 is 21.9 Å². The van der Waals surface area contributed by atoms with Crippen LogP contribution in [0.15, 0.2) is 9.59 Å². The summed E-state index contributed by atoms with van der Waals surface area (Å²) in [6.07, 6.45) is 0. The van der Waals surface area contributed by atoms with Crippen molar-refractivity contribution in [1.29, 1.82) is 0 Å². The predicted octanol–water partition coefficient (Wildman–Crippen LogP) is -1.28. The van der Waals surface area contributed by atoms with E-state index in [1.54, 1.807) is 19.0 Å². The Morgan fingerprint density at radius 2 is 1.92 bits per heavy atom. The maximum Gasteiger partial charge on any atom is 0.329 e. The second kappa shape index (κ2) is 2.96. The molecule has 0 aliphatic carbocycles. The minimum Gasteiger partial charge on any atom is -0.383 e. The Morgan fingerprint density at radius 1 is 1.38 bits per heavy atom. The maximum atomic E-state index is 11.3.